The van der Waals surface area contributed by atoms with Gasteiger partial charge in [0.25, 0.3) is 0 Å². The lowest BCUT2D eigenvalue weighted by Gasteiger charge is -2.09. The van der Waals surface area contributed by atoms with Crippen LogP contribution in [0.4, 0.5) is 8.78 Å². The molecule has 0 aliphatic carbocycles. The fourth-order valence-electron chi connectivity index (χ4n) is 1.05. The highest BCUT2D eigenvalue weighted by atomic mass is 35.5. The number of hydrogen-bond acceptors (Lipinski definition) is 2. The van der Waals surface area contributed by atoms with Gasteiger partial charge < -0.3 is 4.74 Å². The first-order chi connectivity index (χ1) is 7.45. The molecule has 1 rings (SSSR count). The molecule has 0 radical (unpaired) electrons. The van der Waals surface area contributed by atoms with E-state index in [0.717, 1.165) is 12.1 Å². The Morgan fingerprint density at radius 2 is 1.81 bits per heavy atom. The monoisotopic (exact) mass is 288 g/mol. The number of ketones is 1. The Hall–Kier alpha value is -0.580. The molecule has 0 fully saturated rings. The summed E-state index contributed by atoms with van der Waals surface area (Å²) in [6.45, 7) is -2.98. The largest absolute Gasteiger partial charge is 0.435 e. The van der Waals surface area contributed by atoms with Crippen molar-refractivity contribution in [2.24, 2.45) is 0 Å². The summed E-state index contributed by atoms with van der Waals surface area (Å²) < 4.78 is 27.9. The Bertz CT molecular complexity index is 387. The molecule has 0 N–H and O–H groups in total. The van der Waals surface area contributed by atoms with Crippen LogP contribution in [0.15, 0.2) is 12.1 Å². The molecule has 0 spiro atoms. The van der Waals surface area contributed by atoms with Gasteiger partial charge in [-0.2, -0.15) is 8.78 Å². The molecule has 0 aliphatic rings. The summed E-state index contributed by atoms with van der Waals surface area (Å²) in [5.41, 5.74) is -0.0000466. The van der Waals surface area contributed by atoms with E-state index in [4.69, 9.17) is 34.8 Å². The van der Waals surface area contributed by atoms with Crippen LogP contribution in [-0.4, -0.2) is 18.3 Å². The molecule has 0 heterocycles. The van der Waals surface area contributed by atoms with Crippen LogP contribution in [0.25, 0.3) is 0 Å². The summed E-state index contributed by atoms with van der Waals surface area (Å²) in [6, 6.07) is 2.17. The van der Waals surface area contributed by atoms with Gasteiger partial charge in [-0.3, -0.25) is 4.79 Å². The molecule has 0 bridgehead atoms. The van der Waals surface area contributed by atoms with E-state index in [2.05, 4.69) is 4.74 Å². The minimum atomic E-state index is -2.98. The lowest BCUT2D eigenvalue weighted by atomic mass is 10.1. The molecule has 0 aliphatic heterocycles. The molecule has 1 aromatic carbocycles. The number of rotatable bonds is 4. The zero-order chi connectivity index (χ0) is 12.3. The Kier molecular flexibility index (Phi) is 4.77. The first-order valence-corrected chi connectivity index (χ1v) is 5.27. The Morgan fingerprint density at radius 3 is 2.19 bits per heavy atom. The zero-order valence-corrected chi connectivity index (χ0v) is 9.91. The minimum absolute atomic E-state index is 0.0000466. The van der Waals surface area contributed by atoms with Crippen molar-refractivity contribution in [2.75, 3.05) is 5.88 Å². The molecule has 0 unspecified atom stereocenters. The maximum atomic E-state index is 11.9. The van der Waals surface area contributed by atoms with Gasteiger partial charge in [0.1, 0.15) is 5.75 Å². The first-order valence-electron chi connectivity index (χ1n) is 3.98. The van der Waals surface area contributed by atoms with Crippen LogP contribution in [0.5, 0.6) is 5.75 Å². The van der Waals surface area contributed by atoms with Gasteiger partial charge in [-0.05, 0) is 12.1 Å². The van der Waals surface area contributed by atoms with Gasteiger partial charge in [0.05, 0.1) is 21.5 Å². The molecule has 88 valence electrons. The van der Waals surface area contributed by atoms with Crippen molar-refractivity contribution in [3.63, 3.8) is 0 Å². The van der Waals surface area contributed by atoms with E-state index < -0.39 is 12.4 Å². The number of alkyl halides is 3. The highest BCUT2D eigenvalue weighted by Crippen LogP contribution is 2.31. The second kappa shape index (κ2) is 5.66. The summed E-state index contributed by atoms with van der Waals surface area (Å²) in [7, 11) is 0. The third kappa shape index (κ3) is 3.20. The number of carbonyl (C=O) groups excluding carboxylic acids is 1. The van der Waals surface area contributed by atoms with E-state index in [-0.39, 0.29) is 27.2 Å². The lowest BCUT2D eigenvalue weighted by molar-refractivity contribution is -0.0498. The molecule has 16 heavy (non-hydrogen) atoms. The Balaban J connectivity index is 3.12. The van der Waals surface area contributed by atoms with Gasteiger partial charge in [0.15, 0.2) is 5.78 Å². The lowest BCUT2D eigenvalue weighted by Crippen LogP contribution is -2.05. The standard InChI is InChI=1S/C9H5Cl3F2O2/c10-3-7(15)8-5(11)1-4(2-6(8)12)16-9(13)14/h1-2,9H,3H2. The maximum absolute atomic E-state index is 11.9. The number of benzene rings is 1. The van der Waals surface area contributed by atoms with Crippen molar-refractivity contribution in [1.82, 2.24) is 0 Å². The van der Waals surface area contributed by atoms with Crippen LogP contribution < -0.4 is 4.74 Å². The molecule has 2 nitrogen and oxygen atoms in total. The summed E-state index contributed by atoms with van der Waals surface area (Å²) >= 11 is 16.7. The Morgan fingerprint density at radius 1 is 1.31 bits per heavy atom. The Labute approximate surface area is 105 Å². The number of ether oxygens (including phenoxy) is 1. The maximum Gasteiger partial charge on any atom is 0.387 e. The summed E-state index contributed by atoms with van der Waals surface area (Å²) in [5, 5.41) is -0.150. The third-order valence-electron chi connectivity index (χ3n) is 1.64. The van der Waals surface area contributed by atoms with Gasteiger partial charge in [-0.25, -0.2) is 0 Å². The molecular weight excluding hydrogens is 284 g/mol. The van der Waals surface area contributed by atoms with Crippen LogP contribution in [0, 0.1) is 0 Å². The molecule has 0 saturated heterocycles. The SMILES string of the molecule is O=C(CCl)c1c(Cl)cc(OC(F)F)cc1Cl. The van der Waals surface area contributed by atoms with E-state index in [1.54, 1.807) is 0 Å². The van der Waals surface area contributed by atoms with Crippen LogP contribution in [0.1, 0.15) is 10.4 Å². The van der Waals surface area contributed by atoms with E-state index in [9.17, 15) is 13.6 Å². The minimum Gasteiger partial charge on any atom is -0.435 e. The fraction of sp³-hybridized carbons (Fsp3) is 0.222. The second-order valence-electron chi connectivity index (χ2n) is 2.70. The highest BCUT2D eigenvalue weighted by molar-refractivity contribution is 6.42. The van der Waals surface area contributed by atoms with Gasteiger partial charge in [0.2, 0.25) is 0 Å². The number of hydrogen-bond donors (Lipinski definition) is 0. The first kappa shape index (κ1) is 13.5. The predicted molar refractivity (Wildman–Crippen MR) is 58.1 cm³/mol. The molecule has 0 saturated carbocycles. The van der Waals surface area contributed by atoms with Gasteiger partial charge in [0, 0.05) is 0 Å². The van der Waals surface area contributed by atoms with Crippen molar-refractivity contribution >= 4 is 40.6 Å². The van der Waals surface area contributed by atoms with Crippen LogP contribution in [-0.2, 0) is 0 Å². The zero-order valence-electron chi connectivity index (χ0n) is 7.65. The number of Topliss-reactive ketones (excluding diaryl/α,β-unsaturated/α-hetero) is 1. The van der Waals surface area contributed by atoms with Crippen molar-refractivity contribution in [3.8, 4) is 5.75 Å². The van der Waals surface area contributed by atoms with E-state index in [1.807, 2.05) is 0 Å². The summed E-state index contributed by atoms with van der Waals surface area (Å²) in [4.78, 5) is 11.3. The topological polar surface area (TPSA) is 26.3 Å². The molecule has 7 heteroatoms. The molecule has 0 aromatic heterocycles. The van der Waals surface area contributed by atoms with Gasteiger partial charge in [-0.15, -0.1) is 11.6 Å². The van der Waals surface area contributed by atoms with Crippen molar-refractivity contribution in [3.05, 3.63) is 27.7 Å². The second-order valence-corrected chi connectivity index (χ2v) is 3.78. The highest BCUT2D eigenvalue weighted by Gasteiger charge is 2.16. The average molecular weight is 289 g/mol. The van der Waals surface area contributed by atoms with E-state index in [0.29, 0.717) is 0 Å². The van der Waals surface area contributed by atoms with Crippen LogP contribution >= 0.6 is 34.8 Å². The predicted octanol–water partition coefficient (Wildman–Crippen LogP) is 4.02. The fourth-order valence-corrected chi connectivity index (χ4v) is 1.87. The van der Waals surface area contributed by atoms with Gasteiger partial charge in [-0.1, -0.05) is 23.2 Å². The average Bonchev–Trinajstić information content (AvgIpc) is 2.15. The van der Waals surface area contributed by atoms with Gasteiger partial charge >= 0.3 is 6.61 Å². The quantitative estimate of drug-likeness (QED) is 0.618. The number of carbonyl (C=O) groups is 1. The van der Waals surface area contributed by atoms with Crippen LogP contribution in [0.3, 0.4) is 0 Å². The smallest absolute Gasteiger partial charge is 0.387 e. The summed E-state index contributed by atoms with van der Waals surface area (Å²) in [5.74, 6) is -0.995. The van der Waals surface area contributed by atoms with Crippen LogP contribution in [0.2, 0.25) is 10.0 Å². The molecule has 1 aromatic rings. The normalized spacial score (nSPS) is 10.6. The molecule has 0 amide bonds. The summed E-state index contributed by atoms with van der Waals surface area (Å²) in [6.07, 6.45) is 0. The van der Waals surface area contributed by atoms with E-state index in [1.165, 1.54) is 0 Å². The molecule has 0 atom stereocenters. The van der Waals surface area contributed by atoms with E-state index >= 15 is 0 Å². The number of halogens is 5. The molecular formula is C9H5Cl3F2O2. The van der Waals surface area contributed by atoms with Crippen molar-refractivity contribution < 1.29 is 18.3 Å². The van der Waals surface area contributed by atoms with Crippen molar-refractivity contribution in [2.45, 2.75) is 6.61 Å². The third-order valence-corrected chi connectivity index (χ3v) is 2.48. The van der Waals surface area contributed by atoms with Crippen molar-refractivity contribution in [1.29, 1.82) is 0 Å².